The molecule has 1 amide bonds. The lowest BCUT2D eigenvalue weighted by Crippen LogP contribution is -2.29. The molecule has 7 nitrogen and oxygen atoms in total. The van der Waals surface area contributed by atoms with Gasteiger partial charge in [-0.2, -0.15) is 4.98 Å². The normalized spacial score (nSPS) is 10.5. The molecule has 0 unspecified atom stereocenters. The first-order chi connectivity index (χ1) is 13.5. The van der Waals surface area contributed by atoms with Gasteiger partial charge in [-0.15, -0.1) is 0 Å². The van der Waals surface area contributed by atoms with Crippen LogP contribution < -0.4 is 9.47 Å². The second-order valence-corrected chi connectivity index (χ2v) is 6.41. The first kappa shape index (κ1) is 19.4. The zero-order chi connectivity index (χ0) is 19.9. The summed E-state index contributed by atoms with van der Waals surface area (Å²) in [5.74, 6) is 2.34. The van der Waals surface area contributed by atoms with Crippen LogP contribution >= 0.6 is 0 Å². The van der Waals surface area contributed by atoms with E-state index in [0.717, 1.165) is 11.3 Å². The number of aryl methyl sites for hydroxylation is 1. The Balaban J connectivity index is 1.49. The van der Waals surface area contributed by atoms with Gasteiger partial charge in [0.1, 0.15) is 11.5 Å². The lowest BCUT2D eigenvalue weighted by Gasteiger charge is -2.16. The van der Waals surface area contributed by atoms with E-state index >= 15 is 0 Å². The summed E-state index contributed by atoms with van der Waals surface area (Å²) in [6.07, 6.45) is 0.500. The molecule has 0 saturated heterocycles. The Kier molecular flexibility index (Phi) is 6.26. The number of nitrogens with zero attached hydrogens (tertiary/aromatic N) is 3. The Morgan fingerprint density at radius 2 is 1.89 bits per heavy atom. The summed E-state index contributed by atoms with van der Waals surface area (Å²) >= 11 is 0. The smallest absolute Gasteiger partial charge is 0.264 e. The number of hydrogen-bond donors (Lipinski definition) is 0. The summed E-state index contributed by atoms with van der Waals surface area (Å²) in [7, 11) is 3.38. The van der Waals surface area contributed by atoms with Gasteiger partial charge in [0, 0.05) is 25.6 Å². The molecular formula is C21H23N3O4. The highest BCUT2D eigenvalue weighted by atomic mass is 16.5. The number of aromatic nitrogens is 2. The van der Waals surface area contributed by atoms with Crippen LogP contribution in [0.4, 0.5) is 0 Å². The first-order valence-electron chi connectivity index (χ1n) is 8.95. The number of carbonyl (C=O) groups excluding carboxylic acids is 1. The van der Waals surface area contributed by atoms with Crippen molar-refractivity contribution < 1.29 is 18.8 Å². The molecular weight excluding hydrogens is 358 g/mol. The zero-order valence-electron chi connectivity index (χ0n) is 16.2. The van der Waals surface area contributed by atoms with Crippen molar-refractivity contribution in [2.24, 2.45) is 0 Å². The quantitative estimate of drug-likeness (QED) is 0.596. The minimum absolute atomic E-state index is 0.0322. The van der Waals surface area contributed by atoms with Crippen molar-refractivity contribution in [3.8, 4) is 11.5 Å². The van der Waals surface area contributed by atoms with Gasteiger partial charge in [0.25, 0.3) is 11.8 Å². The van der Waals surface area contributed by atoms with Crippen molar-refractivity contribution >= 4 is 5.91 Å². The molecule has 2 aromatic carbocycles. The van der Waals surface area contributed by atoms with Gasteiger partial charge in [0.05, 0.1) is 7.11 Å². The molecule has 0 spiro atoms. The fourth-order valence-electron chi connectivity index (χ4n) is 2.64. The van der Waals surface area contributed by atoms with Crippen LogP contribution in [-0.4, -0.2) is 41.6 Å². The number of benzene rings is 2. The molecule has 0 aliphatic heterocycles. The van der Waals surface area contributed by atoms with E-state index in [4.69, 9.17) is 14.0 Å². The van der Waals surface area contributed by atoms with Gasteiger partial charge in [0.15, 0.2) is 12.4 Å². The molecule has 0 aliphatic rings. The van der Waals surface area contributed by atoms with Crippen LogP contribution in [0.3, 0.4) is 0 Å². The third kappa shape index (κ3) is 5.09. The minimum Gasteiger partial charge on any atom is -0.497 e. The van der Waals surface area contributed by atoms with Crippen molar-refractivity contribution in [3.63, 3.8) is 0 Å². The standard InChI is InChI=1S/C21H23N3O4/c1-15-5-4-6-16(13-15)21(25)24(2)12-11-19-22-20(28-23-19)14-27-18-9-7-17(26-3)8-10-18/h4-10,13H,11-12,14H2,1-3H3. The van der Waals surface area contributed by atoms with E-state index in [-0.39, 0.29) is 12.5 Å². The predicted octanol–water partition coefficient (Wildman–Crippen LogP) is 3.28. The van der Waals surface area contributed by atoms with E-state index in [0.29, 0.717) is 36.0 Å². The number of rotatable bonds is 8. The second kappa shape index (κ2) is 9.03. The maximum absolute atomic E-state index is 12.5. The van der Waals surface area contributed by atoms with E-state index in [1.807, 2.05) is 55.5 Å². The number of carbonyl (C=O) groups is 1. The highest BCUT2D eigenvalue weighted by Gasteiger charge is 2.14. The van der Waals surface area contributed by atoms with Crippen LogP contribution in [0.2, 0.25) is 0 Å². The van der Waals surface area contributed by atoms with E-state index in [2.05, 4.69) is 10.1 Å². The van der Waals surface area contributed by atoms with Gasteiger partial charge in [0.2, 0.25) is 0 Å². The molecule has 3 rings (SSSR count). The summed E-state index contributed by atoms with van der Waals surface area (Å²) in [6, 6.07) is 14.8. The second-order valence-electron chi connectivity index (χ2n) is 6.41. The average molecular weight is 381 g/mol. The number of likely N-dealkylation sites (N-methyl/N-ethyl adjacent to an activating group) is 1. The lowest BCUT2D eigenvalue weighted by molar-refractivity contribution is 0.0795. The van der Waals surface area contributed by atoms with Crippen LogP contribution in [0.1, 0.15) is 27.6 Å². The van der Waals surface area contributed by atoms with E-state index in [9.17, 15) is 4.79 Å². The van der Waals surface area contributed by atoms with E-state index < -0.39 is 0 Å². The van der Waals surface area contributed by atoms with Gasteiger partial charge >= 0.3 is 0 Å². The molecule has 0 bridgehead atoms. The fourth-order valence-corrected chi connectivity index (χ4v) is 2.64. The van der Waals surface area contributed by atoms with Gasteiger partial charge in [-0.3, -0.25) is 4.79 Å². The van der Waals surface area contributed by atoms with Crippen molar-refractivity contribution in [2.75, 3.05) is 20.7 Å². The average Bonchev–Trinajstić information content (AvgIpc) is 3.18. The topological polar surface area (TPSA) is 77.7 Å². The summed E-state index contributed by atoms with van der Waals surface area (Å²) in [5.41, 5.74) is 1.73. The number of amides is 1. The Hall–Kier alpha value is -3.35. The first-order valence-corrected chi connectivity index (χ1v) is 8.95. The Morgan fingerprint density at radius 3 is 2.61 bits per heavy atom. The van der Waals surface area contributed by atoms with Gasteiger partial charge in [-0.25, -0.2) is 0 Å². The highest BCUT2D eigenvalue weighted by molar-refractivity contribution is 5.94. The highest BCUT2D eigenvalue weighted by Crippen LogP contribution is 2.18. The maximum Gasteiger partial charge on any atom is 0.264 e. The predicted molar refractivity (Wildman–Crippen MR) is 103 cm³/mol. The summed E-state index contributed by atoms with van der Waals surface area (Å²) < 4.78 is 15.9. The van der Waals surface area contributed by atoms with Crippen molar-refractivity contribution in [3.05, 3.63) is 71.4 Å². The molecule has 0 saturated carbocycles. The van der Waals surface area contributed by atoms with Gasteiger partial charge < -0.3 is 18.9 Å². The largest absolute Gasteiger partial charge is 0.497 e. The fraction of sp³-hybridized carbons (Fsp3) is 0.286. The Labute approximate surface area is 163 Å². The van der Waals surface area contributed by atoms with Crippen molar-refractivity contribution in [1.82, 2.24) is 15.0 Å². The molecule has 1 aromatic heterocycles. The van der Waals surface area contributed by atoms with Gasteiger partial charge in [-0.1, -0.05) is 22.9 Å². The lowest BCUT2D eigenvalue weighted by atomic mass is 10.1. The molecule has 0 N–H and O–H groups in total. The van der Waals surface area contributed by atoms with Crippen molar-refractivity contribution in [1.29, 1.82) is 0 Å². The molecule has 0 aliphatic carbocycles. The van der Waals surface area contributed by atoms with Crippen molar-refractivity contribution in [2.45, 2.75) is 20.0 Å². The third-order valence-electron chi connectivity index (χ3n) is 4.21. The van der Waals surface area contributed by atoms with E-state index in [1.54, 1.807) is 19.1 Å². The van der Waals surface area contributed by atoms with E-state index in [1.165, 1.54) is 0 Å². The molecule has 3 aromatic rings. The number of methoxy groups -OCH3 is 1. The van der Waals surface area contributed by atoms with Crippen LogP contribution in [-0.2, 0) is 13.0 Å². The van der Waals surface area contributed by atoms with Crippen LogP contribution in [0.5, 0.6) is 11.5 Å². The maximum atomic E-state index is 12.5. The molecule has 0 radical (unpaired) electrons. The minimum atomic E-state index is -0.0322. The summed E-state index contributed by atoms with van der Waals surface area (Å²) in [5, 5.41) is 3.95. The van der Waals surface area contributed by atoms with Gasteiger partial charge in [-0.05, 0) is 43.3 Å². The third-order valence-corrected chi connectivity index (χ3v) is 4.21. The molecule has 28 heavy (non-hydrogen) atoms. The van der Waals surface area contributed by atoms with Crippen LogP contribution in [0.15, 0.2) is 53.1 Å². The zero-order valence-corrected chi connectivity index (χ0v) is 16.2. The Bertz CT molecular complexity index is 921. The molecule has 146 valence electrons. The number of ether oxygens (including phenoxy) is 2. The monoisotopic (exact) mass is 381 g/mol. The summed E-state index contributed by atoms with van der Waals surface area (Å²) in [6.45, 7) is 2.63. The van der Waals surface area contributed by atoms with Crippen LogP contribution in [0, 0.1) is 6.92 Å². The molecule has 0 fully saturated rings. The molecule has 1 heterocycles. The molecule has 7 heteroatoms. The molecule has 0 atom stereocenters. The summed E-state index contributed by atoms with van der Waals surface area (Å²) in [4.78, 5) is 18.4. The number of hydrogen-bond acceptors (Lipinski definition) is 6. The Morgan fingerprint density at radius 1 is 1.14 bits per heavy atom. The van der Waals surface area contributed by atoms with Crippen LogP contribution in [0.25, 0.3) is 0 Å². The SMILES string of the molecule is COc1ccc(OCc2nc(CCN(C)C(=O)c3cccc(C)c3)no2)cc1.